The van der Waals surface area contributed by atoms with Crippen molar-refractivity contribution in [2.24, 2.45) is 0 Å². The van der Waals surface area contributed by atoms with Crippen LogP contribution >= 0.6 is 0 Å². The monoisotopic (exact) mass is 192 g/mol. The molecule has 1 atom stereocenters. The van der Waals surface area contributed by atoms with Gasteiger partial charge in [-0.3, -0.25) is 0 Å². The molecule has 0 heterocycles. The average Bonchev–Trinajstić information content (AvgIpc) is 2.18. The fourth-order valence-electron chi connectivity index (χ4n) is 1.57. The summed E-state index contributed by atoms with van der Waals surface area (Å²) >= 11 is 0. The van der Waals surface area contributed by atoms with Gasteiger partial charge in [-0.25, -0.2) is 0 Å². The van der Waals surface area contributed by atoms with E-state index >= 15 is 0 Å². The van der Waals surface area contributed by atoms with E-state index in [0.717, 1.165) is 23.8 Å². The first-order valence-corrected chi connectivity index (χ1v) is 4.95. The average molecular weight is 192 g/mol. The van der Waals surface area contributed by atoms with Gasteiger partial charge in [0.15, 0.2) is 0 Å². The molecule has 0 saturated heterocycles. The molecule has 0 spiro atoms. The first-order valence-electron chi connectivity index (χ1n) is 4.95. The predicted molar refractivity (Wildman–Crippen MR) is 56.6 cm³/mol. The van der Waals surface area contributed by atoms with Crippen molar-refractivity contribution in [3.63, 3.8) is 0 Å². The van der Waals surface area contributed by atoms with Crippen molar-refractivity contribution >= 4 is 6.29 Å². The van der Waals surface area contributed by atoms with Crippen LogP contribution in [0.25, 0.3) is 0 Å². The number of phenolic OH excluding ortho intramolecular Hbond substituents is 1. The lowest BCUT2D eigenvalue weighted by molar-refractivity contribution is -0.108. The second kappa shape index (κ2) is 4.80. The zero-order valence-corrected chi connectivity index (χ0v) is 8.66. The topological polar surface area (TPSA) is 37.3 Å². The summed E-state index contributed by atoms with van der Waals surface area (Å²) in [5.41, 5.74) is 1.82. The summed E-state index contributed by atoms with van der Waals surface area (Å²) in [6.45, 7) is 3.95. The Labute approximate surface area is 84.6 Å². The SMILES string of the molecule is CCc1cccc(C(C)CC=O)c1O. The van der Waals surface area contributed by atoms with Gasteiger partial charge in [-0.2, -0.15) is 0 Å². The van der Waals surface area contributed by atoms with Gasteiger partial charge in [-0.1, -0.05) is 32.0 Å². The van der Waals surface area contributed by atoms with E-state index in [1.54, 1.807) is 0 Å². The minimum Gasteiger partial charge on any atom is -0.507 e. The van der Waals surface area contributed by atoms with Crippen LogP contribution in [0.15, 0.2) is 18.2 Å². The number of benzene rings is 1. The highest BCUT2D eigenvalue weighted by molar-refractivity contribution is 5.53. The Kier molecular flexibility index (Phi) is 3.69. The molecule has 0 bridgehead atoms. The third-order valence-electron chi connectivity index (χ3n) is 2.51. The van der Waals surface area contributed by atoms with Crippen LogP contribution in [0, 0.1) is 0 Å². The van der Waals surface area contributed by atoms with Crippen LogP contribution in [-0.2, 0) is 11.2 Å². The molecule has 14 heavy (non-hydrogen) atoms. The van der Waals surface area contributed by atoms with Gasteiger partial charge in [0.2, 0.25) is 0 Å². The zero-order valence-electron chi connectivity index (χ0n) is 8.66. The highest BCUT2D eigenvalue weighted by Crippen LogP contribution is 2.30. The van der Waals surface area contributed by atoms with Crippen molar-refractivity contribution in [3.8, 4) is 5.75 Å². The van der Waals surface area contributed by atoms with Crippen LogP contribution < -0.4 is 0 Å². The standard InChI is InChI=1S/C12H16O2/c1-3-10-5-4-6-11(12(10)14)9(2)7-8-13/h4-6,8-9,14H,3,7H2,1-2H3. The normalized spacial score (nSPS) is 12.4. The van der Waals surface area contributed by atoms with E-state index < -0.39 is 0 Å². The summed E-state index contributed by atoms with van der Waals surface area (Å²) in [5.74, 6) is 0.448. The van der Waals surface area contributed by atoms with Gasteiger partial charge in [0.1, 0.15) is 12.0 Å². The number of aldehydes is 1. The van der Waals surface area contributed by atoms with E-state index in [4.69, 9.17) is 0 Å². The van der Waals surface area contributed by atoms with Gasteiger partial charge >= 0.3 is 0 Å². The Morgan fingerprint density at radius 2 is 2.21 bits per heavy atom. The van der Waals surface area contributed by atoms with Crippen molar-refractivity contribution in [2.45, 2.75) is 32.6 Å². The second-order valence-electron chi connectivity index (χ2n) is 3.51. The molecule has 0 amide bonds. The van der Waals surface area contributed by atoms with Crippen molar-refractivity contribution in [1.29, 1.82) is 0 Å². The summed E-state index contributed by atoms with van der Waals surface area (Å²) in [7, 11) is 0. The maximum absolute atomic E-state index is 10.4. The van der Waals surface area contributed by atoms with Crippen molar-refractivity contribution < 1.29 is 9.90 Å². The minimum atomic E-state index is 0.0963. The molecule has 0 saturated carbocycles. The van der Waals surface area contributed by atoms with Crippen LogP contribution in [0.3, 0.4) is 0 Å². The summed E-state index contributed by atoms with van der Waals surface area (Å²) in [6.07, 6.45) is 2.16. The van der Waals surface area contributed by atoms with E-state index in [0.29, 0.717) is 12.2 Å². The van der Waals surface area contributed by atoms with Gasteiger partial charge in [0.05, 0.1) is 0 Å². The third kappa shape index (κ3) is 2.13. The molecule has 0 radical (unpaired) electrons. The number of para-hydroxylation sites is 1. The van der Waals surface area contributed by atoms with E-state index in [1.807, 2.05) is 32.0 Å². The van der Waals surface area contributed by atoms with Gasteiger partial charge in [0, 0.05) is 6.42 Å². The lowest BCUT2D eigenvalue weighted by Crippen LogP contribution is -1.96. The Morgan fingerprint density at radius 3 is 2.79 bits per heavy atom. The quantitative estimate of drug-likeness (QED) is 0.744. The van der Waals surface area contributed by atoms with E-state index in [1.165, 1.54) is 0 Å². The molecule has 0 aliphatic carbocycles. The highest BCUT2D eigenvalue weighted by atomic mass is 16.3. The fraction of sp³-hybridized carbons (Fsp3) is 0.417. The number of aromatic hydroxyl groups is 1. The largest absolute Gasteiger partial charge is 0.507 e. The van der Waals surface area contributed by atoms with Gasteiger partial charge in [-0.05, 0) is 23.5 Å². The van der Waals surface area contributed by atoms with Crippen molar-refractivity contribution in [1.82, 2.24) is 0 Å². The van der Waals surface area contributed by atoms with Crippen LogP contribution in [0.5, 0.6) is 5.75 Å². The fourth-order valence-corrected chi connectivity index (χ4v) is 1.57. The zero-order chi connectivity index (χ0) is 10.6. The predicted octanol–water partition coefficient (Wildman–Crippen LogP) is 2.65. The van der Waals surface area contributed by atoms with Crippen molar-refractivity contribution in [2.75, 3.05) is 0 Å². The lowest BCUT2D eigenvalue weighted by Gasteiger charge is -2.12. The highest BCUT2D eigenvalue weighted by Gasteiger charge is 2.11. The Hall–Kier alpha value is -1.31. The molecule has 0 aliphatic heterocycles. The van der Waals surface area contributed by atoms with E-state index in [9.17, 15) is 9.90 Å². The molecule has 1 unspecified atom stereocenters. The van der Waals surface area contributed by atoms with Crippen LogP contribution in [0.4, 0.5) is 0 Å². The van der Waals surface area contributed by atoms with Gasteiger partial charge < -0.3 is 9.90 Å². The molecule has 76 valence electrons. The number of phenols is 1. The molecular weight excluding hydrogens is 176 g/mol. The minimum absolute atomic E-state index is 0.0963. The molecule has 1 aromatic rings. The Morgan fingerprint density at radius 1 is 1.50 bits per heavy atom. The number of hydrogen-bond donors (Lipinski definition) is 1. The van der Waals surface area contributed by atoms with Gasteiger partial charge in [0.25, 0.3) is 0 Å². The number of rotatable bonds is 4. The Bertz CT molecular complexity index is 318. The van der Waals surface area contributed by atoms with E-state index in [-0.39, 0.29) is 5.92 Å². The van der Waals surface area contributed by atoms with Crippen LogP contribution in [0.2, 0.25) is 0 Å². The summed E-state index contributed by atoms with van der Waals surface area (Å²) < 4.78 is 0. The Balaban J connectivity index is 3.02. The molecule has 1 rings (SSSR count). The lowest BCUT2D eigenvalue weighted by atomic mass is 9.95. The second-order valence-corrected chi connectivity index (χ2v) is 3.51. The van der Waals surface area contributed by atoms with E-state index in [2.05, 4.69) is 0 Å². The smallest absolute Gasteiger partial charge is 0.122 e. The van der Waals surface area contributed by atoms with Crippen LogP contribution in [0.1, 0.15) is 37.3 Å². The molecule has 1 aromatic carbocycles. The molecule has 2 nitrogen and oxygen atoms in total. The number of aryl methyl sites for hydroxylation is 1. The maximum Gasteiger partial charge on any atom is 0.122 e. The summed E-state index contributed by atoms with van der Waals surface area (Å²) in [5, 5.41) is 9.87. The number of carbonyl (C=O) groups excluding carboxylic acids is 1. The third-order valence-corrected chi connectivity index (χ3v) is 2.51. The molecule has 1 N–H and O–H groups in total. The first-order chi connectivity index (χ1) is 6.70. The first kappa shape index (κ1) is 10.8. The number of carbonyl (C=O) groups is 1. The molecule has 0 fully saturated rings. The van der Waals surface area contributed by atoms with Crippen molar-refractivity contribution in [3.05, 3.63) is 29.3 Å². The molecule has 0 aromatic heterocycles. The van der Waals surface area contributed by atoms with Gasteiger partial charge in [-0.15, -0.1) is 0 Å². The summed E-state index contributed by atoms with van der Waals surface area (Å²) in [6, 6.07) is 5.71. The van der Waals surface area contributed by atoms with Crippen LogP contribution in [-0.4, -0.2) is 11.4 Å². The molecular formula is C12H16O2. The molecule has 2 heteroatoms. The maximum atomic E-state index is 10.4. The molecule has 0 aliphatic rings. The number of hydrogen-bond acceptors (Lipinski definition) is 2. The summed E-state index contributed by atoms with van der Waals surface area (Å²) in [4.78, 5) is 10.4.